The summed E-state index contributed by atoms with van der Waals surface area (Å²) in [5, 5.41) is 14.2. The van der Waals surface area contributed by atoms with Gasteiger partial charge in [-0.15, -0.1) is 5.10 Å². The maximum absolute atomic E-state index is 13.2. The highest BCUT2D eigenvalue weighted by Crippen LogP contribution is 2.32. The minimum absolute atomic E-state index is 0.247. The highest BCUT2D eigenvalue weighted by Gasteiger charge is 2.53. The van der Waals surface area contributed by atoms with Crippen molar-refractivity contribution in [3.63, 3.8) is 0 Å². The normalized spacial score (nSPS) is 17.1. The van der Waals surface area contributed by atoms with E-state index in [-0.39, 0.29) is 11.9 Å². The van der Waals surface area contributed by atoms with Gasteiger partial charge in [0.05, 0.1) is 11.9 Å². The summed E-state index contributed by atoms with van der Waals surface area (Å²) >= 11 is 0. The number of hydrogen-bond donors (Lipinski definition) is 2. The molecule has 180 valence electrons. The molecule has 10 heteroatoms. The summed E-state index contributed by atoms with van der Waals surface area (Å²) < 4.78 is 1.80. The van der Waals surface area contributed by atoms with Crippen molar-refractivity contribution < 1.29 is 14.4 Å². The molecule has 10 nitrogen and oxygen atoms in total. The summed E-state index contributed by atoms with van der Waals surface area (Å²) in [7, 11) is 0. The zero-order valence-electron chi connectivity index (χ0n) is 19.5. The fourth-order valence-electron chi connectivity index (χ4n) is 4.59. The van der Waals surface area contributed by atoms with E-state index in [4.69, 9.17) is 0 Å². The number of anilines is 2. The van der Waals surface area contributed by atoms with Crippen molar-refractivity contribution in [2.45, 2.75) is 38.3 Å². The summed E-state index contributed by atoms with van der Waals surface area (Å²) in [5.74, 6) is -0.266. The van der Waals surface area contributed by atoms with Crippen molar-refractivity contribution in [3.05, 3.63) is 60.8 Å². The number of imide groups is 1. The average Bonchev–Trinajstić information content (AvgIpc) is 3.43. The fourth-order valence-corrected chi connectivity index (χ4v) is 4.59. The molecule has 1 spiro atoms. The first-order valence-corrected chi connectivity index (χ1v) is 11.8. The number of carbonyl (C=O) groups excluding carboxylic acids is 3. The lowest BCUT2D eigenvalue weighted by Gasteiger charge is -2.37. The molecule has 0 unspecified atom stereocenters. The number of aryl methyl sites for hydroxylation is 1. The van der Waals surface area contributed by atoms with Gasteiger partial charge < -0.3 is 15.5 Å². The molecule has 0 radical (unpaired) electrons. The number of nitrogens with one attached hydrogen (secondary N) is 2. The van der Waals surface area contributed by atoms with Gasteiger partial charge in [-0.1, -0.05) is 42.5 Å². The van der Waals surface area contributed by atoms with Crippen LogP contribution < -0.4 is 15.5 Å². The van der Waals surface area contributed by atoms with Crippen LogP contribution in [0.15, 0.2) is 60.8 Å². The molecule has 0 atom stereocenters. The van der Waals surface area contributed by atoms with Gasteiger partial charge >= 0.3 is 12.1 Å². The monoisotopic (exact) mass is 473 g/mol. The van der Waals surface area contributed by atoms with Crippen molar-refractivity contribution in [1.29, 1.82) is 0 Å². The Morgan fingerprint density at radius 3 is 2.60 bits per heavy atom. The van der Waals surface area contributed by atoms with Gasteiger partial charge in [-0.25, -0.2) is 14.5 Å². The van der Waals surface area contributed by atoms with Gasteiger partial charge in [0.1, 0.15) is 11.2 Å². The number of aromatic nitrogens is 3. The molecule has 0 bridgehead atoms. The molecule has 2 aromatic carbocycles. The Hall–Kier alpha value is -4.21. The van der Waals surface area contributed by atoms with Crippen LogP contribution in [0.3, 0.4) is 0 Å². The molecule has 2 saturated heterocycles. The third-order valence-corrected chi connectivity index (χ3v) is 6.48. The number of benzene rings is 2. The number of urea groups is 2. The molecule has 0 aliphatic carbocycles. The third kappa shape index (κ3) is 4.34. The molecule has 35 heavy (non-hydrogen) atoms. The van der Waals surface area contributed by atoms with Crippen molar-refractivity contribution in [2.24, 2.45) is 0 Å². The summed E-state index contributed by atoms with van der Waals surface area (Å²) in [6, 6.07) is 15.7. The van der Waals surface area contributed by atoms with E-state index in [9.17, 15) is 14.4 Å². The molecule has 5 amide bonds. The lowest BCUT2D eigenvalue weighted by Crippen LogP contribution is -2.56. The van der Waals surface area contributed by atoms with Gasteiger partial charge in [-0.05, 0) is 43.5 Å². The van der Waals surface area contributed by atoms with E-state index < -0.39 is 11.6 Å². The van der Waals surface area contributed by atoms with Crippen molar-refractivity contribution in [1.82, 2.24) is 25.2 Å². The molecule has 2 N–H and O–H groups in total. The molecule has 2 fully saturated rings. The number of likely N-dealkylation sites (tertiary alicyclic amines) is 1. The van der Waals surface area contributed by atoms with Crippen molar-refractivity contribution in [2.75, 3.05) is 23.3 Å². The van der Waals surface area contributed by atoms with Gasteiger partial charge in [0, 0.05) is 30.9 Å². The van der Waals surface area contributed by atoms with E-state index in [0.29, 0.717) is 37.3 Å². The summed E-state index contributed by atoms with van der Waals surface area (Å²) in [6.45, 7) is 3.58. The smallest absolute Gasteiger partial charge is 0.324 e. The predicted molar refractivity (Wildman–Crippen MR) is 131 cm³/mol. The summed E-state index contributed by atoms with van der Waals surface area (Å²) in [6.07, 6.45) is 3.57. The molecule has 5 rings (SSSR count). The zero-order valence-corrected chi connectivity index (χ0v) is 19.5. The van der Waals surface area contributed by atoms with Crippen LogP contribution >= 0.6 is 0 Å². The molecule has 2 aliphatic heterocycles. The molecule has 3 heterocycles. The lowest BCUT2D eigenvalue weighted by atomic mass is 9.87. The van der Waals surface area contributed by atoms with Gasteiger partial charge in [0.25, 0.3) is 5.91 Å². The Morgan fingerprint density at radius 1 is 1.09 bits per heavy atom. The second-order valence-corrected chi connectivity index (χ2v) is 8.85. The fraction of sp³-hybridized carbons (Fsp3) is 0.320. The number of hydrogen-bond acceptors (Lipinski definition) is 5. The van der Waals surface area contributed by atoms with Gasteiger partial charge in [0.15, 0.2) is 0 Å². The van der Waals surface area contributed by atoms with Crippen LogP contribution in [0.5, 0.6) is 0 Å². The molecular weight excluding hydrogens is 446 g/mol. The van der Waals surface area contributed by atoms with Crippen molar-refractivity contribution >= 4 is 29.3 Å². The number of rotatable bonds is 5. The quantitative estimate of drug-likeness (QED) is 0.551. The lowest BCUT2D eigenvalue weighted by molar-refractivity contribution is -0.123. The Labute approximate surface area is 202 Å². The van der Waals surface area contributed by atoms with Gasteiger partial charge in [0.2, 0.25) is 0 Å². The van der Waals surface area contributed by atoms with Crippen molar-refractivity contribution in [3.8, 4) is 11.3 Å². The van der Waals surface area contributed by atoms with E-state index in [1.165, 1.54) is 4.90 Å². The molecular formula is C25H27N7O3. The van der Waals surface area contributed by atoms with E-state index in [2.05, 4.69) is 27.9 Å². The van der Waals surface area contributed by atoms with Gasteiger partial charge in [-0.2, -0.15) is 0 Å². The first kappa shape index (κ1) is 22.6. The number of carbonyl (C=O) groups is 3. The van der Waals surface area contributed by atoms with E-state index in [1.54, 1.807) is 33.8 Å². The third-order valence-electron chi connectivity index (χ3n) is 6.48. The molecule has 3 aromatic rings. The summed E-state index contributed by atoms with van der Waals surface area (Å²) in [4.78, 5) is 41.6. The first-order chi connectivity index (χ1) is 17.0. The van der Waals surface area contributed by atoms with Gasteiger partial charge in [-0.3, -0.25) is 9.48 Å². The standard InChI is InChI=1S/C25H27N7O3/c1-2-13-31-17-21(28-29-31)18-7-6-8-19(16-18)26-23(34)30-14-11-25(12-15-30)22(33)32(24(35)27-25)20-9-4-3-5-10-20/h3-10,16-17H,2,11-15H2,1H3,(H,26,34)(H,27,35). The second kappa shape index (κ2) is 9.21. The van der Waals surface area contributed by atoms with Crippen LogP contribution in [0.25, 0.3) is 11.3 Å². The highest BCUT2D eigenvalue weighted by molar-refractivity contribution is 6.23. The van der Waals surface area contributed by atoms with Crippen LogP contribution in [-0.4, -0.2) is 56.5 Å². The van der Waals surface area contributed by atoms with Crippen LogP contribution in [0.4, 0.5) is 21.0 Å². The van der Waals surface area contributed by atoms with E-state index in [1.807, 2.05) is 36.5 Å². The summed E-state index contributed by atoms with van der Waals surface area (Å²) in [5.41, 5.74) is 1.82. The Kier molecular flexibility index (Phi) is 5.94. The maximum Gasteiger partial charge on any atom is 0.329 e. The van der Waals surface area contributed by atoms with Crippen LogP contribution in [-0.2, 0) is 11.3 Å². The first-order valence-electron chi connectivity index (χ1n) is 11.8. The SMILES string of the molecule is CCCn1cc(-c2cccc(NC(=O)N3CCC4(CC3)NC(=O)N(c3ccccc3)C4=O)c2)nn1. The molecule has 0 saturated carbocycles. The Bertz CT molecular complexity index is 1250. The second-order valence-electron chi connectivity index (χ2n) is 8.85. The van der Waals surface area contributed by atoms with E-state index in [0.717, 1.165) is 24.2 Å². The number of piperidine rings is 1. The minimum Gasteiger partial charge on any atom is -0.324 e. The molecule has 1 aromatic heterocycles. The Morgan fingerprint density at radius 2 is 1.86 bits per heavy atom. The van der Waals surface area contributed by atoms with Crippen LogP contribution in [0.1, 0.15) is 26.2 Å². The largest absolute Gasteiger partial charge is 0.329 e. The van der Waals surface area contributed by atoms with Crippen LogP contribution in [0, 0.1) is 0 Å². The topological polar surface area (TPSA) is 112 Å². The minimum atomic E-state index is -0.978. The Balaban J connectivity index is 1.22. The maximum atomic E-state index is 13.2. The number of amides is 5. The predicted octanol–water partition coefficient (Wildman–Crippen LogP) is 3.48. The zero-order chi connectivity index (χ0) is 24.4. The molecule has 2 aliphatic rings. The highest BCUT2D eigenvalue weighted by atomic mass is 16.2. The number of para-hydroxylation sites is 1. The van der Waals surface area contributed by atoms with Crippen LogP contribution in [0.2, 0.25) is 0 Å². The number of nitrogens with zero attached hydrogens (tertiary/aromatic N) is 5. The average molecular weight is 474 g/mol. The van der Waals surface area contributed by atoms with E-state index >= 15 is 0 Å².